The second-order valence-corrected chi connectivity index (χ2v) is 9.08. The Morgan fingerprint density at radius 2 is 1.28 bits per heavy atom. The molecule has 0 fully saturated rings. The summed E-state index contributed by atoms with van der Waals surface area (Å²) in [5.74, 6) is -1.10. The summed E-state index contributed by atoms with van der Waals surface area (Å²) in [4.78, 5) is 26.5. The maximum absolute atomic E-state index is 12.9. The first kappa shape index (κ1) is 23.0. The minimum Gasteiger partial charge on any atom is -0.449 e. The van der Waals surface area contributed by atoms with Crippen molar-refractivity contribution in [1.82, 2.24) is 0 Å². The Balaban J connectivity index is 1.69. The molecule has 0 spiro atoms. The minimum absolute atomic E-state index is 0.0355. The summed E-state index contributed by atoms with van der Waals surface area (Å²) in [5, 5.41) is 0. The summed E-state index contributed by atoms with van der Waals surface area (Å²) in [6.07, 6.45) is -1.01. The lowest BCUT2D eigenvalue weighted by molar-refractivity contribution is -0.126. The van der Waals surface area contributed by atoms with Crippen molar-refractivity contribution in [3.63, 3.8) is 0 Å². The Labute approximate surface area is 187 Å². The summed E-state index contributed by atoms with van der Waals surface area (Å²) in [6, 6.07) is 23.1. The molecule has 3 aromatic rings. The van der Waals surface area contributed by atoms with Gasteiger partial charge >= 0.3 is 5.97 Å². The molecule has 0 saturated heterocycles. The third kappa shape index (κ3) is 4.97. The molecule has 166 valence electrons. The third-order valence-corrected chi connectivity index (χ3v) is 6.77. The highest BCUT2D eigenvalue weighted by Gasteiger charge is 2.25. The van der Waals surface area contributed by atoms with Gasteiger partial charge in [-0.3, -0.25) is 9.10 Å². The van der Waals surface area contributed by atoms with Gasteiger partial charge in [-0.1, -0.05) is 36.4 Å². The number of carbonyl (C=O) groups excluding carboxylic acids is 2. The first-order valence-corrected chi connectivity index (χ1v) is 11.3. The van der Waals surface area contributed by atoms with Crippen LogP contribution in [-0.2, 0) is 19.6 Å². The fourth-order valence-electron chi connectivity index (χ4n) is 3.03. The molecule has 0 aliphatic heterocycles. The number of amides is 1. The smallest absolute Gasteiger partial charge is 0.338 e. The molecule has 0 radical (unpaired) electrons. The van der Waals surface area contributed by atoms with Crippen molar-refractivity contribution in [3.05, 3.63) is 90.5 Å². The van der Waals surface area contributed by atoms with E-state index in [1.54, 1.807) is 61.6 Å². The van der Waals surface area contributed by atoms with Gasteiger partial charge < -0.3 is 9.64 Å². The van der Waals surface area contributed by atoms with Crippen LogP contribution in [0.3, 0.4) is 0 Å². The second-order valence-electron chi connectivity index (χ2n) is 7.11. The quantitative estimate of drug-likeness (QED) is 0.510. The second kappa shape index (κ2) is 9.65. The molecule has 1 amide bonds. The molecule has 32 heavy (non-hydrogen) atoms. The van der Waals surface area contributed by atoms with E-state index < -0.39 is 22.1 Å². The van der Waals surface area contributed by atoms with E-state index in [0.29, 0.717) is 11.4 Å². The average molecular weight is 453 g/mol. The molecule has 0 bridgehead atoms. The number of rotatable bonds is 7. The highest BCUT2D eigenvalue weighted by Crippen LogP contribution is 2.22. The van der Waals surface area contributed by atoms with Crippen LogP contribution in [0.5, 0.6) is 0 Å². The molecule has 3 aromatic carbocycles. The first-order valence-electron chi connectivity index (χ1n) is 9.89. The number of sulfonamides is 1. The zero-order valence-corrected chi connectivity index (χ0v) is 18.8. The van der Waals surface area contributed by atoms with Crippen LogP contribution < -0.4 is 9.21 Å². The normalized spacial score (nSPS) is 12.0. The largest absolute Gasteiger partial charge is 0.449 e. The third-order valence-electron chi connectivity index (χ3n) is 4.97. The van der Waals surface area contributed by atoms with Gasteiger partial charge in [0.05, 0.1) is 16.1 Å². The van der Waals surface area contributed by atoms with E-state index in [2.05, 4.69) is 0 Å². The van der Waals surface area contributed by atoms with E-state index in [-0.39, 0.29) is 16.4 Å². The monoisotopic (exact) mass is 452 g/mol. The lowest BCUT2D eigenvalue weighted by Crippen LogP contribution is -2.37. The van der Waals surface area contributed by atoms with Gasteiger partial charge in [-0.15, -0.1) is 0 Å². The summed E-state index contributed by atoms with van der Waals surface area (Å²) >= 11 is 0. The van der Waals surface area contributed by atoms with E-state index >= 15 is 0 Å². The molecule has 0 aliphatic carbocycles. The van der Waals surface area contributed by atoms with E-state index in [4.69, 9.17) is 4.74 Å². The molecule has 7 nitrogen and oxygen atoms in total. The van der Waals surface area contributed by atoms with Crippen LogP contribution in [0.25, 0.3) is 0 Å². The van der Waals surface area contributed by atoms with Crippen molar-refractivity contribution in [2.75, 3.05) is 23.3 Å². The summed E-state index contributed by atoms with van der Waals surface area (Å²) in [5.41, 5.74) is 1.34. The Hall–Kier alpha value is -3.65. The highest BCUT2D eigenvalue weighted by molar-refractivity contribution is 7.92. The molecule has 3 rings (SSSR count). The Morgan fingerprint density at radius 1 is 0.781 bits per heavy atom. The number of likely N-dealkylation sites (N-methyl/N-ethyl adjacent to an activating group) is 1. The number of hydrogen-bond donors (Lipinski definition) is 0. The van der Waals surface area contributed by atoms with Gasteiger partial charge in [0.15, 0.2) is 6.10 Å². The molecule has 0 aromatic heterocycles. The number of esters is 1. The van der Waals surface area contributed by atoms with Crippen LogP contribution in [0.2, 0.25) is 0 Å². The molecule has 1 unspecified atom stereocenters. The van der Waals surface area contributed by atoms with Gasteiger partial charge in [0, 0.05) is 19.8 Å². The molecule has 8 heteroatoms. The van der Waals surface area contributed by atoms with Crippen molar-refractivity contribution in [2.24, 2.45) is 0 Å². The average Bonchev–Trinajstić information content (AvgIpc) is 2.83. The summed E-state index contributed by atoms with van der Waals surface area (Å²) in [6.45, 7) is 1.49. The fourth-order valence-corrected chi connectivity index (χ4v) is 4.22. The van der Waals surface area contributed by atoms with Gasteiger partial charge in [0.2, 0.25) is 0 Å². The van der Waals surface area contributed by atoms with Gasteiger partial charge in [0.1, 0.15) is 0 Å². The van der Waals surface area contributed by atoms with Crippen LogP contribution in [0.1, 0.15) is 17.3 Å². The van der Waals surface area contributed by atoms with E-state index in [9.17, 15) is 18.0 Å². The minimum atomic E-state index is -3.79. The van der Waals surface area contributed by atoms with Crippen LogP contribution >= 0.6 is 0 Å². The molecule has 0 N–H and O–H groups in total. The standard InChI is InChI=1S/C24H24N2O5S/c1-18(23(27)25(2)20-10-6-4-7-11-20)31-24(28)19-14-16-22(17-15-19)32(29,30)26(3)21-12-8-5-9-13-21/h4-18H,1-3H3. The van der Waals surface area contributed by atoms with Crippen molar-refractivity contribution in [3.8, 4) is 0 Å². The predicted octanol–water partition coefficient (Wildman–Crippen LogP) is 3.72. The maximum Gasteiger partial charge on any atom is 0.338 e. The fraction of sp³-hybridized carbons (Fsp3) is 0.167. The zero-order chi connectivity index (χ0) is 23.3. The molecule has 1 atom stereocenters. The number of para-hydroxylation sites is 2. The van der Waals surface area contributed by atoms with Gasteiger partial charge in [-0.05, 0) is 55.5 Å². The molecule has 0 aliphatic rings. The Kier molecular flexibility index (Phi) is 6.95. The Morgan fingerprint density at radius 3 is 1.81 bits per heavy atom. The highest BCUT2D eigenvalue weighted by atomic mass is 32.2. The van der Waals surface area contributed by atoms with E-state index in [1.807, 2.05) is 6.07 Å². The molecular formula is C24H24N2O5S. The molecule has 0 saturated carbocycles. The van der Waals surface area contributed by atoms with Gasteiger partial charge in [0.25, 0.3) is 15.9 Å². The predicted molar refractivity (Wildman–Crippen MR) is 123 cm³/mol. The van der Waals surface area contributed by atoms with E-state index in [0.717, 1.165) is 0 Å². The topological polar surface area (TPSA) is 84.0 Å². The van der Waals surface area contributed by atoms with Gasteiger partial charge in [-0.25, -0.2) is 13.2 Å². The first-order chi connectivity index (χ1) is 15.2. The molecule has 0 heterocycles. The summed E-state index contributed by atoms with van der Waals surface area (Å²) < 4.78 is 32.2. The SMILES string of the molecule is CC(OC(=O)c1ccc(S(=O)(=O)N(C)c2ccccc2)cc1)C(=O)N(C)c1ccccc1. The number of anilines is 2. The number of hydrogen-bond acceptors (Lipinski definition) is 5. The summed E-state index contributed by atoms with van der Waals surface area (Å²) in [7, 11) is -0.729. The Bertz CT molecular complexity index is 1180. The number of benzene rings is 3. The lowest BCUT2D eigenvalue weighted by Gasteiger charge is -2.21. The number of carbonyl (C=O) groups is 2. The van der Waals surface area contributed by atoms with E-state index in [1.165, 1.54) is 47.4 Å². The number of nitrogens with zero attached hydrogens (tertiary/aromatic N) is 2. The molecular weight excluding hydrogens is 428 g/mol. The van der Waals surface area contributed by atoms with Crippen LogP contribution in [0.15, 0.2) is 89.8 Å². The lowest BCUT2D eigenvalue weighted by atomic mass is 10.2. The van der Waals surface area contributed by atoms with Crippen molar-refractivity contribution >= 4 is 33.3 Å². The van der Waals surface area contributed by atoms with Crippen LogP contribution in [-0.4, -0.2) is 40.5 Å². The van der Waals surface area contributed by atoms with Crippen molar-refractivity contribution in [1.29, 1.82) is 0 Å². The zero-order valence-electron chi connectivity index (χ0n) is 18.0. The van der Waals surface area contributed by atoms with Crippen molar-refractivity contribution < 1.29 is 22.7 Å². The van der Waals surface area contributed by atoms with Crippen LogP contribution in [0, 0.1) is 0 Å². The van der Waals surface area contributed by atoms with Crippen molar-refractivity contribution in [2.45, 2.75) is 17.9 Å². The number of ether oxygens (including phenoxy) is 1. The van der Waals surface area contributed by atoms with Gasteiger partial charge in [-0.2, -0.15) is 0 Å². The maximum atomic E-state index is 12.9. The van der Waals surface area contributed by atoms with Crippen LogP contribution in [0.4, 0.5) is 11.4 Å².